The number of carbonyl (C=O) groups excluding carboxylic acids is 1. The molecule has 0 atom stereocenters. The summed E-state index contributed by atoms with van der Waals surface area (Å²) in [7, 11) is -1.06. The Morgan fingerprint density at radius 3 is 2.11 bits per heavy atom. The van der Waals surface area contributed by atoms with Crippen molar-refractivity contribution in [1.29, 1.82) is 0 Å². The van der Waals surface area contributed by atoms with Crippen LogP contribution in [0.15, 0.2) is 95.4 Å². The minimum atomic E-state index is -2.72. The third kappa shape index (κ3) is 8.03. The van der Waals surface area contributed by atoms with Gasteiger partial charge in [-0.05, 0) is 74.0 Å². The van der Waals surface area contributed by atoms with Crippen molar-refractivity contribution in [3.63, 3.8) is 0 Å². The Bertz CT molecular complexity index is 1640. The molecule has 0 unspecified atom stereocenters. The number of nitrogens with zero attached hydrogens (tertiary/aromatic N) is 3. The van der Waals surface area contributed by atoms with Gasteiger partial charge < -0.3 is 13.9 Å². The first-order chi connectivity index (χ1) is 22.4. The first-order valence-corrected chi connectivity index (χ1v) is 19.3. The van der Waals surface area contributed by atoms with Gasteiger partial charge in [0.25, 0.3) is 8.32 Å². The Morgan fingerprint density at radius 2 is 1.55 bits per heavy atom. The highest BCUT2D eigenvalue weighted by Crippen LogP contribution is 2.45. The summed E-state index contributed by atoms with van der Waals surface area (Å²) in [4.78, 5) is 24.6. The molecular formula is C38H49N3O4SSi. The van der Waals surface area contributed by atoms with Crippen LogP contribution in [-0.4, -0.2) is 42.7 Å². The summed E-state index contributed by atoms with van der Waals surface area (Å²) >= 11 is 1.53. The molecule has 0 radical (unpaired) electrons. The normalized spacial score (nSPS) is 19.5. The summed E-state index contributed by atoms with van der Waals surface area (Å²) in [6.45, 7) is 13.1. The van der Waals surface area contributed by atoms with Crippen LogP contribution in [0.25, 0.3) is 0 Å². The number of rotatable bonds is 10. The van der Waals surface area contributed by atoms with Crippen molar-refractivity contribution >= 4 is 41.8 Å². The van der Waals surface area contributed by atoms with E-state index in [1.807, 2.05) is 55.1 Å². The van der Waals surface area contributed by atoms with Crippen LogP contribution in [0, 0.1) is 5.41 Å². The Hall–Kier alpha value is -3.37. The number of hydrogen-bond donors (Lipinski definition) is 0. The number of benzene rings is 2. The summed E-state index contributed by atoms with van der Waals surface area (Å²) in [6.07, 6.45) is 5.29. The Labute approximate surface area is 284 Å². The van der Waals surface area contributed by atoms with E-state index < -0.39 is 19.3 Å². The minimum absolute atomic E-state index is 0.0150. The van der Waals surface area contributed by atoms with E-state index >= 15 is 0 Å². The van der Waals surface area contributed by atoms with Crippen LogP contribution >= 0.6 is 11.3 Å². The fraction of sp³-hybridized carbons (Fsp3) is 0.447. The number of thiazole rings is 1. The zero-order chi connectivity index (χ0) is 33.7. The van der Waals surface area contributed by atoms with Gasteiger partial charge in [0.2, 0.25) is 0 Å². The molecule has 0 spiro atoms. The molecule has 47 heavy (non-hydrogen) atoms. The molecule has 7 nitrogen and oxygen atoms in total. The summed E-state index contributed by atoms with van der Waals surface area (Å²) in [5.41, 5.74) is -0.466. The van der Waals surface area contributed by atoms with Gasteiger partial charge in [0.05, 0.1) is 5.41 Å². The summed E-state index contributed by atoms with van der Waals surface area (Å²) in [5.74, 6) is 0.451. The first kappa shape index (κ1) is 34.9. The van der Waals surface area contributed by atoms with E-state index in [0.717, 1.165) is 23.3 Å². The molecule has 0 bridgehead atoms. The molecule has 4 aromatic rings. The molecule has 0 N–H and O–H groups in total. The number of methoxy groups -OCH3 is 1. The molecule has 0 aliphatic heterocycles. The zero-order valence-corrected chi connectivity index (χ0v) is 30.7. The lowest BCUT2D eigenvalue weighted by Gasteiger charge is -2.47. The average Bonchev–Trinajstić information content (AvgIpc) is 3.46. The fourth-order valence-electron chi connectivity index (χ4n) is 6.74. The maximum Gasteiger partial charge on any atom is 0.312 e. The van der Waals surface area contributed by atoms with Crippen molar-refractivity contribution in [3.05, 3.63) is 101 Å². The van der Waals surface area contributed by atoms with Gasteiger partial charge in [0.15, 0.2) is 10.6 Å². The van der Waals surface area contributed by atoms with Gasteiger partial charge in [-0.2, -0.15) is 0 Å². The molecule has 5 rings (SSSR count). The maximum atomic E-state index is 14.1. The molecule has 0 saturated heterocycles. The van der Waals surface area contributed by atoms with Gasteiger partial charge in [-0.15, -0.1) is 11.3 Å². The maximum absolute atomic E-state index is 14.1. The average molecular weight is 672 g/mol. The Balaban J connectivity index is 1.45. The highest BCUT2D eigenvalue weighted by atomic mass is 32.1. The smallest absolute Gasteiger partial charge is 0.312 e. The number of esters is 1. The topological polar surface area (TPSA) is 74.9 Å². The van der Waals surface area contributed by atoms with E-state index in [-0.39, 0.29) is 17.1 Å². The molecule has 1 saturated carbocycles. The third-order valence-corrected chi connectivity index (χ3v) is 14.8. The lowest BCUT2D eigenvalue weighted by Crippen LogP contribution is -2.68. The zero-order valence-electron chi connectivity index (χ0n) is 28.9. The van der Waals surface area contributed by atoms with E-state index in [0.29, 0.717) is 31.8 Å². The van der Waals surface area contributed by atoms with E-state index in [1.54, 1.807) is 7.11 Å². The number of carbonyl (C=O) groups is 1. The van der Waals surface area contributed by atoms with Crippen LogP contribution in [0.3, 0.4) is 0 Å². The van der Waals surface area contributed by atoms with Crippen molar-refractivity contribution in [2.45, 2.75) is 97.1 Å². The van der Waals surface area contributed by atoms with Gasteiger partial charge >= 0.3 is 5.97 Å². The first-order valence-electron chi connectivity index (χ1n) is 16.5. The molecule has 2 heterocycles. The van der Waals surface area contributed by atoms with Crippen molar-refractivity contribution in [3.8, 4) is 0 Å². The summed E-state index contributed by atoms with van der Waals surface area (Å²) in [6, 6.07) is 27.4. The Morgan fingerprint density at radius 1 is 0.936 bits per heavy atom. The largest absolute Gasteiger partial charge is 0.460 e. The van der Waals surface area contributed by atoms with E-state index in [1.165, 1.54) is 21.7 Å². The van der Waals surface area contributed by atoms with Crippen molar-refractivity contribution in [2.75, 3.05) is 7.11 Å². The predicted molar refractivity (Wildman–Crippen MR) is 192 cm³/mol. The van der Waals surface area contributed by atoms with Crippen LogP contribution < -0.4 is 15.2 Å². The van der Waals surface area contributed by atoms with Crippen LogP contribution in [-0.2, 0) is 31.8 Å². The molecule has 1 aliphatic rings. The van der Waals surface area contributed by atoms with Crippen LogP contribution in [0.5, 0.6) is 0 Å². The van der Waals surface area contributed by atoms with Gasteiger partial charge in [0.1, 0.15) is 12.3 Å². The van der Waals surface area contributed by atoms with Crippen LogP contribution in [0.2, 0.25) is 5.04 Å². The van der Waals surface area contributed by atoms with Crippen LogP contribution in [0.1, 0.15) is 72.9 Å². The highest BCUT2D eigenvalue weighted by Gasteiger charge is 2.53. The fourth-order valence-corrected chi connectivity index (χ4v) is 12.2. The van der Waals surface area contributed by atoms with Gasteiger partial charge in [-0.25, -0.2) is 9.98 Å². The standard InChI is InChI=1S/C38H49N3O4SSi/c1-36(2,3)44-34(42)38(27-29-15-14-20-33(39-29)40-35-41(28-43-7)25-26-46-35)23-21-30(22-24-38)45-47(37(4,5)6,31-16-10-8-11-17-31)32-18-12-9-13-19-32/h8-20,25-26,30H,21-24,27-28H2,1-7H3/b40-35+. The second kappa shape index (κ2) is 14.4. The second-order valence-corrected chi connectivity index (χ2v) is 19.7. The minimum Gasteiger partial charge on any atom is -0.460 e. The molecule has 1 aliphatic carbocycles. The van der Waals surface area contributed by atoms with Crippen molar-refractivity contribution in [1.82, 2.24) is 9.55 Å². The second-order valence-electron chi connectivity index (χ2n) is 14.6. The number of aromatic nitrogens is 2. The van der Waals surface area contributed by atoms with Gasteiger partial charge in [0, 0.05) is 36.9 Å². The van der Waals surface area contributed by atoms with E-state index in [2.05, 4.69) is 81.4 Å². The molecule has 9 heteroatoms. The lowest BCUT2D eigenvalue weighted by atomic mass is 9.70. The van der Waals surface area contributed by atoms with Crippen LogP contribution in [0.4, 0.5) is 5.82 Å². The summed E-state index contributed by atoms with van der Waals surface area (Å²) < 4.78 is 20.8. The molecule has 2 aromatic carbocycles. The number of ether oxygens (including phenoxy) is 2. The molecular weight excluding hydrogens is 623 g/mol. The molecule has 250 valence electrons. The van der Waals surface area contributed by atoms with Gasteiger partial charge in [-0.1, -0.05) is 87.5 Å². The number of pyridine rings is 1. The Kier molecular flexibility index (Phi) is 10.7. The molecule has 0 amide bonds. The lowest BCUT2D eigenvalue weighted by molar-refractivity contribution is -0.171. The third-order valence-electron chi connectivity index (χ3n) is 8.93. The quantitative estimate of drug-likeness (QED) is 0.132. The number of hydrogen-bond acceptors (Lipinski definition) is 7. The molecule has 1 fully saturated rings. The highest BCUT2D eigenvalue weighted by molar-refractivity contribution is 7.07. The molecule has 2 aromatic heterocycles. The summed E-state index contributed by atoms with van der Waals surface area (Å²) in [5, 5.41) is 4.40. The predicted octanol–water partition coefficient (Wildman–Crippen LogP) is 7.17. The van der Waals surface area contributed by atoms with Crippen molar-refractivity contribution < 1.29 is 18.7 Å². The van der Waals surface area contributed by atoms with E-state index in [9.17, 15) is 4.79 Å². The SMILES string of the molecule is COCn1ccs/c1=N/c1cccc(CC2(C(=O)OC(C)(C)C)CCC(O[Si](c3ccccc3)(c3ccccc3)C(C)(C)C)CC2)n1. The van der Waals surface area contributed by atoms with Crippen molar-refractivity contribution in [2.24, 2.45) is 10.4 Å². The monoisotopic (exact) mass is 671 g/mol. The van der Waals surface area contributed by atoms with Gasteiger partial charge in [-0.3, -0.25) is 9.36 Å². The van der Waals surface area contributed by atoms with E-state index in [4.69, 9.17) is 23.9 Å².